The van der Waals surface area contributed by atoms with E-state index in [0.29, 0.717) is 36.7 Å². The van der Waals surface area contributed by atoms with E-state index in [0.717, 1.165) is 12.8 Å². The van der Waals surface area contributed by atoms with Gasteiger partial charge in [0.2, 0.25) is 5.91 Å². The predicted molar refractivity (Wildman–Crippen MR) is 90.3 cm³/mol. The van der Waals surface area contributed by atoms with Gasteiger partial charge in [0.05, 0.1) is 0 Å². The van der Waals surface area contributed by atoms with Gasteiger partial charge in [-0.3, -0.25) is 9.00 Å². The zero-order valence-corrected chi connectivity index (χ0v) is 14.9. The van der Waals surface area contributed by atoms with Gasteiger partial charge in [0, 0.05) is 46.3 Å². The molecule has 0 aromatic carbocycles. The first kappa shape index (κ1) is 18.9. The highest BCUT2D eigenvalue weighted by Crippen LogP contribution is 2.32. The van der Waals surface area contributed by atoms with Crippen LogP contribution in [0.4, 0.5) is 0 Å². The summed E-state index contributed by atoms with van der Waals surface area (Å²) in [6, 6.07) is 1.28. The minimum absolute atomic E-state index is 0. The molecule has 2 rings (SSSR count). The molecule has 2 bridgehead atoms. The van der Waals surface area contributed by atoms with Gasteiger partial charge in [-0.1, -0.05) is 0 Å². The van der Waals surface area contributed by atoms with Crippen molar-refractivity contribution in [3.63, 3.8) is 0 Å². The van der Waals surface area contributed by atoms with E-state index in [9.17, 15) is 9.00 Å². The topological polar surface area (TPSA) is 58.2 Å². The number of rotatable bonds is 5. The molecule has 124 valence electrons. The molecule has 0 aromatic heterocycles. The fraction of sp³-hybridized carbons (Fsp3) is 0.933. The average Bonchev–Trinajstić information content (AvgIpc) is 2.67. The van der Waals surface area contributed by atoms with Crippen molar-refractivity contribution in [3.05, 3.63) is 0 Å². The van der Waals surface area contributed by atoms with Gasteiger partial charge < -0.3 is 10.6 Å². The van der Waals surface area contributed by atoms with Gasteiger partial charge in [0.25, 0.3) is 0 Å². The predicted octanol–water partition coefficient (Wildman–Crippen LogP) is 1.99. The second kappa shape index (κ2) is 7.93. The number of amides is 1. The van der Waals surface area contributed by atoms with Crippen LogP contribution in [0.15, 0.2) is 0 Å². The van der Waals surface area contributed by atoms with Crippen molar-refractivity contribution in [2.45, 2.75) is 69.7 Å². The third-order valence-electron chi connectivity index (χ3n) is 4.34. The van der Waals surface area contributed by atoms with Crippen LogP contribution < -0.4 is 10.6 Å². The number of halogens is 1. The Kier molecular flexibility index (Phi) is 7.14. The number of hydrogen-bond acceptors (Lipinski definition) is 3. The number of piperidine rings is 1. The van der Waals surface area contributed by atoms with Crippen molar-refractivity contribution >= 4 is 29.1 Å². The molecule has 2 saturated heterocycles. The molecule has 3 atom stereocenters. The Balaban J connectivity index is 0.00000220. The van der Waals surface area contributed by atoms with Crippen molar-refractivity contribution in [1.82, 2.24) is 10.6 Å². The number of hydrogen-bond donors (Lipinski definition) is 2. The molecule has 4 nitrogen and oxygen atoms in total. The Morgan fingerprint density at radius 3 is 2.33 bits per heavy atom. The van der Waals surface area contributed by atoms with Crippen LogP contribution in [0.5, 0.6) is 0 Å². The number of nitrogens with one attached hydrogen (secondary N) is 2. The zero-order chi connectivity index (χ0) is 14.8. The number of fused-ring (bicyclic) bond motifs is 2. The SMILES string of the molecule is CC(C)(C)S(=O)CCNC(=O)CC1CC2CCC(C1)N2.Cl. The zero-order valence-electron chi connectivity index (χ0n) is 13.3. The van der Waals surface area contributed by atoms with Crippen LogP contribution in [-0.2, 0) is 15.6 Å². The summed E-state index contributed by atoms with van der Waals surface area (Å²) in [7, 11) is -0.887. The Labute approximate surface area is 137 Å². The summed E-state index contributed by atoms with van der Waals surface area (Å²) in [5, 5.41) is 6.53. The third kappa shape index (κ3) is 5.87. The molecule has 0 aliphatic carbocycles. The molecule has 1 amide bonds. The molecule has 6 heteroatoms. The van der Waals surface area contributed by atoms with Crippen molar-refractivity contribution in [2.75, 3.05) is 12.3 Å². The van der Waals surface area contributed by atoms with Gasteiger partial charge in [0.1, 0.15) is 0 Å². The largest absolute Gasteiger partial charge is 0.355 e. The lowest BCUT2D eigenvalue weighted by molar-refractivity contribution is -0.122. The van der Waals surface area contributed by atoms with Crippen molar-refractivity contribution in [1.29, 1.82) is 0 Å². The summed E-state index contributed by atoms with van der Waals surface area (Å²) in [4.78, 5) is 11.9. The minimum Gasteiger partial charge on any atom is -0.355 e. The maximum atomic E-state index is 11.9. The van der Waals surface area contributed by atoms with E-state index in [2.05, 4.69) is 10.6 Å². The van der Waals surface area contributed by atoms with Gasteiger partial charge in [-0.25, -0.2) is 0 Å². The summed E-state index contributed by atoms with van der Waals surface area (Å²) in [5.74, 6) is 1.20. The molecular formula is C15H29ClN2O2S. The lowest BCUT2D eigenvalue weighted by Crippen LogP contribution is -2.40. The monoisotopic (exact) mass is 336 g/mol. The average molecular weight is 337 g/mol. The fourth-order valence-electron chi connectivity index (χ4n) is 3.27. The molecule has 0 aromatic rings. The summed E-state index contributed by atoms with van der Waals surface area (Å²) >= 11 is 0. The van der Waals surface area contributed by atoms with Crippen LogP contribution in [0.3, 0.4) is 0 Å². The van der Waals surface area contributed by atoms with Gasteiger partial charge in [-0.05, 0) is 52.4 Å². The van der Waals surface area contributed by atoms with Gasteiger partial charge in [-0.2, -0.15) is 0 Å². The van der Waals surface area contributed by atoms with Crippen molar-refractivity contribution < 1.29 is 9.00 Å². The molecule has 0 radical (unpaired) electrons. The Morgan fingerprint density at radius 1 is 1.24 bits per heavy atom. The summed E-state index contributed by atoms with van der Waals surface area (Å²) < 4.78 is 11.7. The molecule has 2 heterocycles. The van der Waals surface area contributed by atoms with Crippen molar-refractivity contribution in [2.24, 2.45) is 5.92 Å². The van der Waals surface area contributed by atoms with E-state index in [4.69, 9.17) is 0 Å². The van der Waals surface area contributed by atoms with Crippen LogP contribution in [0, 0.1) is 5.92 Å². The normalized spacial score (nSPS) is 29.6. The summed E-state index contributed by atoms with van der Waals surface area (Å²) in [6.07, 6.45) is 5.45. The van der Waals surface area contributed by atoms with E-state index in [1.165, 1.54) is 12.8 Å². The quantitative estimate of drug-likeness (QED) is 0.807. The van der Waals surface area contributed by atoms with Crippen LogP contribution in [0.2, 0.25) is 0 Å². The molecule has 0 saturated carbocycles. The maximum Gasteiger partial charge on any atom is 0.220 e. The van der Waals surface area contributed by atoms with E-state index in [1.54, 1.807) is 0 Å². The molecule has 2 aliphatic rings. The first-order chi connectivity index (χ1) is 9.34. The highest BCUT2D eigenvalue weighted by atomic mass is 35.5. The molecule has 0 spiro atoms. The second-order valence-electron chi connectivity index (χ2n) is 7.19. The van der Waals surface area contributed by atoms with E-state index < -0.39 is 10.8 Å². The lowest BCUT2D eigenvalue weighted by Gasteiger charge is -2.28. The first-order valence-electron chi connectivity index (χ1n) is 7.76. The molecule has 2 fully saturated rings. The standard InChI is InChI=1S/C15H28N2O2S.ClH/c1-15(2,3)20(19)7-6-16-14(18)10-11-8-12-4-5-13(9-11)17-12;/h11-13,17H,4-10H2,1-3H3,(H,16,18);1H. The van der Waals surface area contributed by atoms with Gasteiger partial charge in [-0.15, -0.1) is 12.4 Å². The summed E-state index contributed by atoms with van der Waals surface area (Å²) in [5.41, 5.74) is 0. The maximum absolute atomic E-state index is 11.9. The van der Waals surface area contributed by atoms with Crippen molar-refractivity contribution in [3.8, 4) is 0 Å². The van der Waals surface area contributed by atoms with Crippen LogP contribution in [0.25, 0.3) is 0 Å². The Hall–Kier alpha value is -0.130. The highest BCUT2D eigenvalue weighted by Gasteiger charge is 2.34. The van der Waals surface area contributed by atoms with E-state index in [-0.39, 0.29) is 23.1 Å². The summed E-state index contributed by atoms with van der Waals surface area (Å²) in [6.45, 7) is 6.43. The van der Waals surface area contributed by atoms with E-state index in [1.807, 2.05) is 20.8 Å². The van der Waals surface area contributed by atoms with Crippen LogP contribution in [-0.4, -0.2) is 39.2 Å². The molecule has 3 unspecified atom stereocenters. The molecule has 2 aliphatic heterocycles. The molecule has 2 N–H and O–H groups in total. The van der Waals surface area contributed by atoms with E-state index >= 15 is 0 Å². The third-order valence-corrected chi connectivity index (χ3v) is 6.28. The number of carbonyl (C=O) groups is 1. The molecule has 21 heavy (non-hydrogen) atoms. The van der Waals surface area contributed by atoms with Gasteiger partial charge in [0.15, 0.2) is 0 Å². The molecular weight excluding hydrogens is 308 g/mol. The van der Waals surface area contributed by atoms with Crippen LogP contribution >= 0.6 is 12.4 Å². The first-order valence-corrected chi connectivity index (χ1v) is 9.07. The lowest BCUT2D eigenvalue weighted by atomic mass is 9.89. The highest BCUT2D eigenvalue weighted by molar-refractivity contribution is 7.86. The minimum atomic E-state index is -0.887. The smallest absolute Gasteiger partial charge is 0.220 e. The van der Waals surface area contributed by atoms with Gasteiger partial charge >= 0.3 is 0 Å². The Morgan fingerprint density at radius 2 is 1.81 bits per heavy atom. The fourth-order valence-corrected chi connectivity index (χ4v) is 4.17. The Bertz CT molecular complexity index is 372. The second-order valence-corrected chi connectivity index (χ2v) is 9.52. The number of carbonyl (C=O) groups excluding carboxylic acids is 1. The van der Waals surface area contributed by atoms with Crippen LogP contribution in [0.1, 0.15) is 52.9 Å².